The Kier molecular flexibility index (Phi) is 4.67. The Balaban J connectivity index is 3.31. The Hall–Kier alpha value is -0.120. The van der Waals surface area contributed by atoms with Crippen LogP contribution in [0.4, 0.5) is 0 Å². The van der Waals surface area contributed by atoms with Crippen molar-refractivity contribution in [2.75, 3.05) is 6.54 Å². The summed E-state index contributed by atoms with van der Waals surface area (Å²) in [5.41, 5.74) is 0. The van der Waals surface area contributed by atoms with Gasteiger partial charge in [0, 0.05) is 0 Å². The van der Waals surface area contributed by atoms with Crippen LogP contribution in [0.5, 0.6) is 0 Å². The van der Waals surface area contributed by atoms with E-state index in [0.717, 1.165) is 12.8 Å². The highest BCUT2D eigenvalue weighted by molar-refractivity contribution is 4.52. The van der Waals surface area contributed by atoms with Crippen LogP contribution in [0.25, 0.3) is 0 Å². The lowest BCUT2D eigenvalue weighted by molar-refractivity contribution is -0.312. The molecule has 0 radical (unpaired) electrons. The maximum atomic E-state index is 8.37. The molecule has 0 unspecified atom stereocenters. The van der Waals surface area contributed by atoms with Crippen molar-refractivity contribution in [2.24, 2.45) is 5.92 Å². The van der Waals surface area contributed by atoms with Gasteiger partial charge >= 0.3 is 0 Å². The summed E-state index contributed by atoms with van der Waals surface area (Å²) >= 11 is 0. The summed E-state index contributed by atoms with van der Waals surface area (Å²) in [4.78, 5) is 0. The number of hydroxylamine groups is 2. The molecule has 0 aromatic rings. The molecule has 0 aromatic heterocycles. The highest BCUT2D eigenvalue weighted by atomic mass is 16.8. The first-order valence-corrected chi connectivity index (χ1v) is 3.36. The fourth-order valence-corrected chi connectivity index (χ4v) is 0.778. The van der Waals surface area contributed by atoms with Gasteiger partial charge in [0.1, 0.15) is 0 Å². The first kappa shape index (κ1) is 8.88. The zero-order valence-electron chi connectivity index (χ0n) is 6.04. The van der Waals surface area contributed by atoms with Crippen LogP contribution in [0.1, 0.15) is 26.7 Å². The second-order valence-corrected chi connectivity index (χ2v) is 2.24. The van der Waals surface area contributed by atoms with Crippen molar-refractivity contribution in [2.45, 2.75) is 26.7 Å². The molecule has 3 heteroatoms. The van der Waals surface area contributed by atoms with Crippen LogP contribution in [0.2, 0.25) is 0 Å². The van der Waals surface area contributed by atoms with Gasteiger partial charge in [0.15, 0.2) is 0 Å². The van der Waals surface area contributed by atoms with E-state index >= 15 is 0 Å². The van der Waals surface area contributed by atoms with Crippen molar-refractivity contribution in [3.05, 3.63) is 0 Å². The van der Waals surface area contributed by atoms with Crippen LogP contribution in [0, 0.1) is 5.92 Å². The Labute approximate surface area is 55.8 Å². The van der Waals surface area contributed by atoms with E-state index in [4.69, 9.17) is 10.4 Å². The normalized spacial score (nSPS) is 11.3. The van der Waals surface area contributed by atoms with Gasteiger partial charge in [0.2, 0.25) is 0 Å². The first-order chi connectivity index (χ1) is 4.20. The van der Waals surface area contributed by atoms with Crippen LogP contribution in [0.15, 0.2) is 0 Å². The average molecular weight is 133 g/mol. The molecule has 9 heavy (non-hydrogen) atoms. The SMILES string of the molecule is CCC(CC)CN(O)O. The van der Waals surface area contributed by atoms with Gasteiger partial charge in [-0.05, 0) is 5.92 Å². The zero-order valence-corrected chi connectivity index (χ0v) is 6.04. The van der Waals surface area contributed by atoms with Crippen molar-refractivity contribution >= 4 is 0 Å². The van der Waals surface area contributed by atoms with E-state index in [-0.39, 0.29) is 5.23 Å². The molecule has 0 saturated heterocycles. The van der Waals surface area contributed by atoms with Crippen molar-refractivity contribution in [3.63, 3.8) is 0 Å². The number of hydrogen-bond acceptors (Lipinski definition) is 3. The first-order valence-electron chi connectivity index (χ1n) is 3.36. The van der Waals surface area contributed by atoms with Crippen molar-refractivity contribution < 1.29 is 10.4 Å². The van der Waals surface area contributed by atoms with E-state index in [0.29, 0.717) is 12.5 Å². The zero-order chi connectivity index (χ0) is 7.28. The van der Waals surface area contributed by atoms with Crippen molar-refractivity contribution in [1.29, 1.82) is 0 Å². The Morgan fingerprint density at radius 2 is 1.67 bits per heavy atom. The Bertz CT molecular complexity index is 62.1. The number of rotatable bonds is 4. The monoisotopic (exact) mass is 133 g/mol. The van der Waals surface area contributed by atoms with Gasteiger partial charge in [-0.1, -0.05) is 31.9 Å². The topological polar surface area (TPSA) is 43.7 Å². The number of hydrogen-bond donors (Lipinski definition) is 2. The molecule has 0 aliphatic heterocycles. The highest BCUT2D eigenvalue weighted by Crippen LogP contribution is 2.06. The van der Waals surface area contributed by atoms with Crippen LogP contribution in [0.3, 0.4) is 0 Å². The minimum absolute atomic E-state index is 0.262. The van der Waals surface area contributed by atoms with Gasteiger partial charge < -0.3 is 0 Å². The largest absolute Gasteiger partial charge is 0.290 e. The summed E-state index contributed by atoms with van der Waals surface area (Å²) in [5, 5.41) is 17.0. The maximum Gasteiger partial charge on any atom is 0.0540 e. The summed E-state index contributed by atoms with van der Waals surface area (Å²) in [7, 11) is 0. The summed E-state index contributed by atoms with van der Waals surface area (Å²) in [6.07, 6.45) is 1.99. The molecule has 0 saturated carbocycles. The maximum absolute atomic E-state index is 8.37. The van der Waals surface area contributed by atoms with Gasteiger partial charge in [0.05, 0.1) is 6.54 Å². The second-order valence-electron chi connectivity index (χ2n) is 2.24. The molecule has 0 bridgehead atoms. The predicted molar refractivity (Wildman–Crippen MR) is 34.4 cm³/mol. The van der Waals surface area contributed by atoms with Gasteiger partial charge in [-0.2, -0.15) is 0 Å². The molecule has 3 nitrogen and oxygen atoms in total. The van der Waals surface area contributed by atoms with E-state index in [1.165, 1.54) is 0 Å². The lowest BCUT2D eigenvalue weighted by atomic mass is 10.0. The fraction of sp³-hybridized carbons (Fsp3) is 1.00. The molecule has 0 aliphatic carbocycles. The second kappa shape index (κ2) is 4.73. The quantitative estimate of drug-likeness (QED) is 0.571. The molecule has 0 aromatic carbocycles. The molecule has 0 heterocycles. The standard InChI is InChI=1S/C6H15NO2/c1-3-6(4-2)5-7(8)9/h6,8-9H,3-5H2,1-2H3. The Morgan fingerprint density at radius 1 is 1.22 bits per heavy atom. The molecule has 0 fully saturated rings. The van der Waals surface area contributed by atoms with E-state index < -0.39 is 0 Å². The molecular weight excluding hydrogens is 118 g/mol. The van der Waals surface area contributed by atoms with E-state index in [9.17, 15) is 0 Å². The van der Waals surface area contributed by atoms with Gasteiger partial charge in [0.25, 0.3) is 0 Å². The minimum Gasteiger partial charge on any atom is -0.290 e. The van der Waals surface area contributed by atoms with Crippen LogP contribution in [-0.2, 0) is 0 Å². The molecule has 2 N–H and O–H groups in total. The molecule has 0 aliphatic rings. The third-order valence-electron chi connectivity index (χ3n) is 1.58. The van der Waals surface area contributed by atoms with Crippen LogP contribution < -0.4 is 0 Å². The molecule has 0 spiro atoms. The van der Waals surface area contributed by atoms with Gasteiger partial charge in [-0.25, -0.2) is 0 Å². The van der Waals surface area contributed by atoms with E-state index in [1.54, 1.807) is 0 Å². The third kappa shape index (κ3) is 4.39. The molecule has 0 rings (SSSR count). The molecule has 0 amide bonds. The van der Waals surface area contributed by atoms with E-state index in [1.807, 2.05) is 13.8 Å². The summed E-state index contributed by atoms with van der Waals surface area (Å²) in [6, 6.07) is 0. The summed E-state index contributed by atoms with van der Waals surface area (Å²) in [5.74, 6) is 0.403. The summed E-state index contributed by atoms with van der Waals surface area (Å²) < 4.78 is 0. The minimum atomic E-state index is 0.262. The van der Waals surface area contributed by atoms with Crippen molar-refractivity contribution in [1.82, 2.24) is 5.23 Å². The lowest BCUT2D eigenvalue weighted by Crippen LogP contribution is -2.21. The molecular formula is C6H15NO2. The Morgan fingerprint density at radius 3 is 1.78 bits per heavy atom. The van der Waals surface area contributed by atoms with Crippen LogP contribution in [-0.4, -0.2) is 22.2 Å². The van der Waals surface area contributed by atoms with Crippen LogP contribution >= 0.6 is 0 Å². The number of nitrogens with zero attached hydrogens (tertiary/aromatic N) is 1. The molecule has 0 atom stereocenters. The van der Waals surface area contributed by atoms with E-state index in [2.05, 4.69) is 0 Å². The van der Waals surface area contributed by atoms with Gasteiger partial charge in [-0.15, -0.1) is 0 Å². The molecule has 56 valence electrons. The third-order valence-corrected chi connectivity index (χ3v) is 1.58. The average Bonchev–Trinajstić information content (AvgIpc) is 1.82. The predicted octanol–water partition coefficient (Wildman–Crippen LogP) is 1.50. The van der Waals surface area contributed by atoms with Gasteiger partial charge in [-0.3, -0.25) is 10.4 Å². The summed E-state index contributed by atoms with van der Waals surface area (Å²) in [6.45, 7) is 4.43. The lowest BCUT2D eigenvalue weighted by Gasteiger charge is -2.13. The van der Waals surface area contributed by atoms with Crippen molar-refractivity contribution in [3.8, 4) is 0 Å². The smallest absolute Gasteiger partial charge is 0.0540 e. The highest BCUT2D eigenvalue weighted by Gasteiger charge is 2.05. The fourth-order valence-electron chi connectivity index (χ4n) is 0.778.